The van der Waals surface area contributed by atoms with E-state index in [2.05, 4.69) is 5.32 Å². The number of aryl methyl sites for hydroxylation is 1. The maximum Gasteiger partial charge on any atom is 0.242 e. The van der Waals surface area contributed by atoms with Crippen molar-refractivity contribution in [2.24, 2.45) is 0 Å². The van der Waals surface area contributed by atoms with E-state index in [0.717, 1.165) is 16.0 Å². The van der Waals surface area contributed by atoms with Gasteiger partial charge in [0.15, 0.2) is 0 Å². The quantitative estimate of drug-likeness (QED) is 0.722. The summed E-state index contributed by atoms with van der Waals surface area (Å²) < 4.78 is 0. The average molecular weight is 371 g/mol. The highest BCUT2D eigenvalue weighted by atomic mass is 32.2. The zero-order chi connectivity index (χ0) is 18.9. The van der Waals surface area contributed by atoms with Crippen LogP contribution in [0.15, 0.2) is 59.5 Å². The van der Waals surface area contributed by atoms with Gasteiger partial charge in [-0.2, -0.15) is 0 Å². The Bertz CT molecular complexity index is 734. The predicted octanol–water partition coefficient (Wildman–Crippen LogP) is 3.64. The molecule has 2 aromatic carbocycles. The molecule has 0 unspecified atom stereocenters. The number of hydrogen-bond acceptors (Lipinski definition) is 3. The van der Waals surface area contributed by atoms with Crippen LogP contribution in [0.25, 0.3) is 0 Å². The van der Waals surface area contributed by atoms with E-state index < -0.39 is 6.04 Å². The molecule has 2 rings (SSSR count). The molecule has 0 bridgehead atoms. The largest absolute Gasteiger partial charge is 0.357 e. The highest BCUT2D eigenvalue weighted by Gasteiger charge is 2.28. The monoisotopic (exact) mass is 370 g/mol. The Morgan fingerprint density at radius 2 is 1.73 bits per heavy atom. The molecule has 0 radical (unpaired) electrons. The van der Waals surface area contributed by atoms with Gasteiger partial charge in [-0.3, -0.25) is 9.59 Å². The van der Waals surface area contributed by atoms with Crippen LogP contribution >= 0.6 is 11.8 Å². The fourth-order valence-electron chi connectivity index (χ4n) is 2.80. The Labute approximate surface area is 160 Å². The van der Waals surface area contributed by atoms with Gasteiger partial charge in [0, 0.05) is 18.5 Å². The number of amides is 2. The van der Waals surface area contributed by atoms with Crippen molar-refractivity contribution < 1.29 is 9.59 Å². The summed E-state index contributed by atoms with van der Waals surface area (Å²) in [6, 6.07) is 17.3. The van der Waals surface area contributed by atoms with Crippen molar-refractivity contribution in [1.29, 1.82) is 0 Å². The van der Waals surface area contributed by atoms with Crippen LogP contribution in [0.3, 0.4) is 0 Å². The zero-order valence-corrected chi connectivity index (χ0v) is 16.4. The van der Waals surface area contributed by atoms with Crippen LogP contribution in [-0.4, -0.2) is 35.6 Å². The average Bonchev–Trinajstić information content (AvgIpc) is 2.67. The van der Waals surface area contributed by atoms with E-state index in [1.54, 1.807) is 11.9 Å². The molecule has 0 aromatic heterocycles. The number of nitrogens with zero attached hydrogens (tertiary/aromatic N) is 1. The van der Waals surface area contributed by atoms with Gasteiger partial charge in [0.2, 0.25) is 11.8 Å². The Balaban J connectivity index is 2.19. The summed E-state index contributed by atoms with van der Waals surface area (Å²) >= 11 is 1.50. The zero-order valence-electron chi connectivity index (χ0n) is 15.6. The molecule has 0 aliphatic rings. The van der Waals surface area contributed by atoms with Crippen LogP contribution in [0.5, 0.6) is 0 Å². The van der Waals surface area contributed by atoms with Crippen molar-refractivity contribution in [3.05, 3.63) is 65.7 Å². The molecule has 1 atom stereocenters. The van der Waals surface area contributed by atoms with Gasteiger partial charge < -0.3 is 10.2 Å². The summed E-state index contributed by atoms with van der Waals surface area (Å²) in [5.74, 6) is 0.153. The van der Waals surface area contributed by atoms with Crippen LogP contribution in [0.1, 0.15) is 24.5 Å². The number of carbonyl (C=O) groups is 2. The van der Waals surface area contributed by atoms with Crippen molar-refractivity contribution in [2.75, 3.05) is 12.8 Å². The second kappa shape index (κ2) is 10.0. The Hall–Kier alpha value is -2.27. The summed E-state index contributed by atoms with van der Waals surface area (Å²) in [4.78, 5) is 28.1. The van der Waals surface area contributed by atoms with Crippen molar-refractivity contribution >= 4 is 23.6 Å². The summed E-state index contributed by atoms with van der Waals surface area (Å²) in [7, 11) is 1.61. The number of thioether (sulfide) groups is 1. The predicted molar refractivity (Wildman–Crippen MR) is 107 cm³/mol. The van der Waals surface area contributed by atoms with Crippen molar-refractivity contribution in [3.8, 4) is 0 Å². The third kappa shape index (κ3) is 5.36. The van der Waals surface area contributed by atoms with Gasteiger partial charge in [-0.25, -0.2) is 0 Å². The number of nitrogens with one attached hydrogen (secondary N) is 1. The Kier molecular flexibility index (Phi) is 7.73. The summed E-state index contributed by atoms with van der Waals surface area (Å²) in [6.45, 7) is 4.40. The maximum absolute atomic E-state index is 13.0. The number of rotatable bonds is 8. The van der Waals surface area contributed by atoms with Crippen LogP contribution in [-0.2, 0) is 16.1 Å². The molecule has 0 spiro atoms. The molecule has 5 heteroatoms. The summed E-state index contributed by atoms with van der Waals surface area (Å²) in [5, 5.41) is 2.69. The molecule has 0 fully saturated rings. The normalized spacial score (nSPS) is 11.7. The molecule has 0 saturated carbocycles. The van der Waals surface area contributed by atoms with Crippen LogP contribution in [0, 0.1) is 6.92 Å². The molecule has 1 N–H and O–H groups in total. The van der Waals surface area contributed by atoms with Gasteiger partial charge in [0.25, 0.3) is 0 Å². The highest BCUT2D eigenvalue weighted by Crippen LogP contribution is 2.21. The molecule has 2 amide bonds. The maximum atomic E-state index is 13.0. The first kappa shape index (κ1) is 20.0. The third-order valence-electron chi connectivity index (χ3n) is 4.34. The van der Waals surface area contributed by atoms with Gasteiger partial charge >= 0.3 is 0 Å². The number of benzene rings is 2. The SMILES string of the molecule is CC[C@@H](C(=O)NC)N(Cc1ccccc1C)C(=O)CSc1ccccc1. The molecular formula is C21H26N2O2S. The lowest BCUT2D eigenvalue weighted by molar-refractivity contribution is -0.139. The third-order valence-corrected chi connectivity index (χ3v) is 5.34. The van der Waals surface area contributed by atoms with Crippen LogP contribution in [0.2, 0.25) is 0 Å². The first-order valence-corrected chi connectivity index (χ1v) is 9.78. The molecular weight excluding hydrogens is 344 g/mol. The van der Waals surface area contributed by atoms with Gasteiger partial charge in [0.1, 0.15) is 6.04 Å². The lowest BCUT2D eigenvalue weighted by atomic mass is 10.1. The second-order valence-corrected chi connectivity index (χ2v) is 7.14. The lowest BCUT2D eigenvalue weighted by Gasteiger charge is -2.30. The first-order valence-electron chi connectivity index (χ1n) is 8.80. The molecule has 138 valence electrons. The van der Waals surface area contributed by atoms with Gasteiger partial charge in [-0.1, -0.05) is 49.4 Å². The van der Waals surface area contributed by atoms with E-state index in [0.29, 0.717) is 18.7 Å². The molecule has 26 heavy (non-hydrogen) atoms. The molecule has 2 aromatic rings. The van der Waals surface area contributed by atoms with E-state index in [1.807, 2.05) is 68.4 Å². The van der Waals surface area contributed by atoms with Gasteiger partial charge in [-0.05, 0) is 36.6 Å². The first-order chi connectivity index (χ1) is 12.6. The molecule has 0 aliphatic heterocycles. The molecule has 0 saturated heterocycles. The minimum Gasteiger partial charge on any atom is -0.357 e. The highest BCUT2D eigenvalue weighted by molar-refractivity contribution is 8.00. The van der Waals surface area contributed by atoms with Crippen molar-refractivity contribution in [3.63, 3.8) is 0 Å². The van der Waals surface area contributed by atoms with E-state index >= 15 is 0 Å². The van der Waals surface area contributed by atoms with Crippen LogP contribution in [0.4, 0.5) is 0 Å². The Morgan fingerprint density at radius 3 is 2.35 bits per heavy atom. The standard InChI is InChI=1S/C21H26N2O2S/c1-4-19(21(25)22-3)23(14-17-11-9-8-10-16(17)2)20(24)15-26-18-12-6-5-7-13-18/h5-13,19H,4,14-15H2,1-3H3,(H,22,25)/t19-/m0/s1. The topological polar surface area (TPSA) is 49.4 Å². The minimum absolute atomic E-state index is 0.0300. The van der Waals surface area contributed by atoms with Crippen molar-refractivity contribution in [1.82, 2.24) is 10.2 Å². The second-order valence-electron chi connectivity index (χ2n) is 6.09. The van der Waals surface area contributed by atoms with Gasteiger partial charge in [-0.15, -0.1) is 11.8 Å². The fraction of sp³-hybridized carbons (Fsp3) is 0.333. The van der Waals surface area contributed by atoms with E-state index in [4.69, 9.17) is 0 Å². The van der Waals surface area contributed by atoms with Crippen molar-refractivity contribution in [2.45, 2.75) is 37.8 Å². The van der Waals surface area contributed by atoms with Gasteiger partial charge in [0.05, 0.1) is 5.75 Å². The molecule has 4 nitrogen and oxygen atoms in total. The lowest BCUT2D eigenvalue weighted by Crippen LogP contribution is -2.48. The van der Waals surface area contributed by atoms with E-state index in [9.17, 15) is 9.59 Å². The van der Waals surface area contributed by atoms with E-state index in [1.165, 1.54) is 11.8 Å². The molecule has 0 aliphatic carbocycles. The Morgan fingerprint density at radius 1 is 1.08 bits per heavy atom. The smallest absolute Gasteiger partial charge is 0.242 e. The number of hydrogen-bond donors (Lipinski definition) is 1. The fourth-order valence-corrected chi connectivity index (χ4v) is 3.61. The van der Waals surface area contributed by atoms with Crippen LogP contribution < -0.4 is 5.32 Å². The number of carbonyl (C=O) groups excluding carboxylic acids is 2. The number of likely N-dealkylation sites (N-methyl/N-ethyl adjacent to an activating group) is 1. The van der Waals surface area contributed by atoms with E-state index in [-0.39, 0.29) is 11.8 Å². The summed E-state index contributed by atoms with van der Waals surface area (Å²) in [5.41, 5.74) is 2.18. The molecule has 0 heterocycles. The minimum atomic E-state index is -0.469. The summed E-state index contributed by atoms with van der Waals surface area (Å²) in [6.07, 6.45) is 0.577.